The van der Waals surface area contributed by atoms with E-state index in [0.717, 1.165) is 11.3 Å². The molecule has 0 aromatic carbocycles. The van der Waals surface area contributed by atoms with Crippen LogP contribution in [-0.2, 0) is 11.2 Å². The topological polar surface area (TPSA) is 101 Å². The van der Waals surface area contributed by atoms with Crippen molar-refractivity contribution in [1.29, 1.82) is 0 Å². The summed E-state index contributed by atoms with van der Waals surface area (Å²) in [5.74, 6) is -1.10. The number of carboxylic acid groups (broad SMARTS) is 1. The van der Waals surface area contributed by atoms with Crippen LogP contribution in [0.3, 0.4) is 0 Å². The molecule has 1 heterocycles. The van der Waals surface area contributed by atoms with Crippen LogP contribution in [0.2, 0.25) is 0 Å². The lowest BCUT2D eigenvalue weighted by Crippen LogP contribution is -2.33. The molecule has 0 atom stereocenters. The molecule has 0 radical (unpaired) electrons. The van der Waals surface area contributed by atoms with Gasteiger partial charge < -0.3 is 15.2 Å². The molecule has 0 spiro atoms. The van der Waals surface area contributed by atoms with Gasteiger partial charge in [-0.25, -0.2) is 9.59 Å². The second-order valence-electron chi connectivity index (χ2n) is 4.48. The van der Waals surface area contributed by atoms with E-state index in [2.05, 4.69) is 15.5 Å². The van der Waals surface area contributed by atoms with Crippen molar-refractivity contribution >= 4 is 23.4 Å². The Morgan fingerprint density at radius 2 is 2.06 bits per heavy atom. The molecule has 18 heavy (non-hydrogen) atoms. The Kier molecular flexibility index (Phi) is 4.60. The highest BCUT2D eigenvalue weighted by Gasteiger charge is 2.16. The van der Waals surface area contributed by atoms with Gasteiger partial charge in [-0.05, 0) is 20.8 Å². The molecular weight excluding hydrogens is 258 g/mol. The molecule has 0 aliphatic carbocycles. The molecule has 2 N–H and O–H groups in total. The summed E-state index contributed by atoms with van der Waals surface area (Å²) in [4.78, 5) is 21.9. The number of aromatic nitrogens is 2. The molecule has 8 heteroatoms. The van der Waals surface area contributed by atoms with Crippen LogP contribution >= 0.6 is 11.3 Å². The van der Waals surface area contributed by atoms with E-state index in [1.54, 1.807) is 20.8 Å². The number of carbonyl (C=O) groups is 2. The molecule has 100 valence electrons. The Bertz CT molecular complexity index is 439. The summed E-state index contributed by atoms with van der Waals surface area (Å²) < 4.78 is 5.04. The third kappa shape index (κ3) is 5.09. The summed E-state index contributed by atoms with van der Waals surface area (Å²) in [5, 5.41) is 18.9. The summed E-state index contributed by atoms with van der Waals surface area (Å²) in [6, 6.07) is 0. The minimum atomic E-state index is -1.10. The van der Waals surface area contributed by atoms with E-state index in [0.29, 0.717) is 18.0 Å². The lowest BCUT2D eigenvalue weighted by Gasteiger charge is -2.19. The van der Waals surface area contributed by atoms with E-state index in [1.807, 2.05) is 0 Å². The van der Waals surface area contributed by atoms with Gasteiger partial charge in [0, 0.05) is 13.0 Å². The Balaban J connectivity index is 2.33. The maximum atomic E-state index is 11.3. The van der Waals surface area contributed by atoms with Gasteiger partial charge in [0.15, 0.2) is 0 Å². The van der Waals surface area contributed by atoms with Crippen molar-refractivity contribution in [3.05, 3.63) is 10.0 Å². The van der Waals surface area contributed by atoms with Gasteiger partial charge in [-0.3, -0.25) is 0 Å². The molecule has 7 nitrogen and oxygen atoms in total. The van der Waals surface area contributed by atoms with Gasteiger partial charge in [0.25, 0.3) is 0 Å². The van der Waals surface area contributed by atoms with E-state index < -0.39 is 17.7 Å². The highest BCUT2D eigenvalue weighted by molar-refractivity contribution is 7.13. The average molecular weight is 273 g/mol. The number of carbonyl (C=O) groups excluding carboxylic acids is 1. The number of nitrogens with one attached hydrogen (secondary N) is 1. The maximum absolute atomic E-state index is 11.3. The predicted molar refractivity (Wildman–Crippen MR) is 64.8 cm³/mol. The molecular formula is C10H15N3O4S. The fourth-order valence-corrected chi connectivity index (χ4v) is 1.70. The normalized spacial score (nSPS) is 11.1. The Hall–Kier alpha value is -1.70. The molecule has 0 aliphatic heterocycles. The van der Waals surface area contributed by atoms with Crippen molar-refractivity contribution in [2.24, 2.45) is 0 Å². The number of alkyl carbamates (subject to hydrolysis) is 1. The first kappa shape index (κ1) is 14.4. The van der Waals surface area contributed by atoms with Crippen molar-refractivity contribution in [2.45, 2.75) is 32.8 Å². The second-order valence-corrected chi connectivity index (χ2v) is 5.55. The molecule has 1 aromatic heterocycles. The summed E-state index contributed by atoms with van der Waals surface area (Å²) >= 11 is 0.992. The zero-order valence-electron chi connectivity index (χ0n) is 10.4. The van der Waals surface area contributed by atoms with Gasteiger partial charge in [0.05, 0.1) is 0 Å². The first-order valence-corrected chi connectivity index (χ1v) is 6.12. The van der Waals surface area contributed by atoms with Gasteiger partial charge in [-0.1, -0.05) is 11.3 Å². The lowest BCUT2D eigenvalue weighted by molar-refractivity contribution is 0.0528. The SMILES string of the molecule is CC(C)(C)OC(=O)NCCc1nnc(C(=O)O)s1. The van der Waals surface area contributed by atoms with Crippen LogP contribution in [-0.4, -0.2) is 39.5 Å². The molecule has 0 bridgehead atoms. The van der Waals surface area contributed by atoms with Crippen molar-refractivity contribution in [1.82, 2.24) is 15.5 Å². The fraction of sp³-hybridized carbons (Fsp3) is 0.600. The fourth-order valence-electron chi connectivity index (χ4n) is 1.03. The molecule has 1 amide bonds. The molecule has 0 fully saturated rings. The van der Waals surface area contributed by atoms with E-state index in [4.69, 9.17) is 9.84 Å². The van der Waals surface area contributed by atoms with E-state index in [9.17, 15) is 9.59 Å². The van der Waals surface area contributed by atoms with Crippen molar-refractivity contribution in [2.75, 3.05) is 6.54 Å². The number of hydrogen-bond acceptors (Lipinski definition) is 6. The quantitative estimate of drug-likeness (QED) is 0.857. The van der Waals surface area contributed by atoms with Gasteiger partial charge in [0.2, 0.25) is 5.01 Å². The summed E-state index contributed by atoms with van der Waals surface area (Å²) in [7, 11) is 0. The number of nitrogens with zero attached hydrogens (tertiary/aromatic N) is 2. The van der Waals surface area contributed by atoms with Gasteiger partial charge in [0.1, 0.15) is 10.6 Å². The Labute approximate surface area is 108 Å². The van der Waals surface area contributed by atoms with E-state index in [1.165, 1.54) is 0 Å². The van der Waals surface area contributed by atoms with Crippen LogP contribution in [0.15, 0.2) is 0 Å². The molecule has 1 rings (SSSR count). The van der Waals surface area contributed by atoms with Crippen LogP contribution in [0.1, 0.15) is 35.6 Å². The van der Waals surface area contributed by atoms with Crippen LogP contribution in [0.5, 0.6) is 0 Å². The molecule has 0 saturated heterocycles. The average Bonchev–Trinajstić information content (AvgIpc) is 2.63. The third-order valence-electron chi connectivity index (χ3n) is 1.66. The predicted octanol–water partition coefficient (Wildman–Crippen LogP) is 1.30. The molecule has 1 aromatic rings. The largest absolute Gasteiger partial charge is 0.476 e. The van der Waals surface area contributed by atoms with Crippen molar-refractivity contribution < 1.29 is 19.4 Å². The Morgan fingerprint density at radius 1 is 1.39 bits per heavy atom. The minimum Gasteiger partial charge on any atom is -0.476 e. The van der Waals surface area contributed by atoms with Crippen molar-refractivity contribution in [3.8, 4) is 0 Å². The number of carboxylic acids is 1. The number of aromatic carboxylic acids is 1. The lowest BCUT2D eigenvalue weighted by atomic mass is 10.2. The zero-order valence-corrected chi connectivity index (χ0v) is 11.2. The van der Waals surface area contributed by atoms with Crippen LogP contribution in [0, 0.1) is 0 Å². The number of ether oxygens (including phenoxy) is 1. The zero-order chi connectivity index (χ0) is 13.8. The third-order valence-corrected chi connectivity index (χ3v) is 2.63. The van der Waals surface area contributed by atoms with Crippen LogP contribution in [0.4, 0.5) is 4.79 Å². The molecule has 0 unspecified atom stereocenters. The summed E-state index contributed by atoms with van der Waals surface area (Å²) in [6.45, 7) is 5.65. The number of hydrogen-bond donors (Lipinski definition) is 2. The minimum absolute atomic E-state index is 0.0535. The Morgan fingerprint density at radius 3 is 2.56 bits per heavy atom. The van der Waals surface area contributed by atoms with Crippen molar-refractivity contribution in [3.63, 3.8) is 0 Å². The standard InChI is InChI=1S/C10H15N3O4S/c1-10(2,3)17-9(16)11-5-4-6-12-13-7(18-6)8(14)15/h4-5H2,1-3H3,(H,11,16)(H,14,15). The smallest absolute Gasteiger partial charge is 0.407 e. The monoisotopic (exact) mass is 273 g/mol. The first-order chi connectivity index (χ1) is 8.28. The summed E-state index contributed by atoms with van der Waals surface area (Å²) in [6.07, 6.45) is -0.0880. The van der Waals surface area contributed by atoms with Crippen LogP contribution in [0.25, 0.3) is 0 Å². The summed E-state index contributed by atoms with van der Waals surface area (Å²) in [5.41, 5.74) is -0.538. The maximum Gasteiger partial charge on any atom is 0.407 e. The van der Waals surface area contributed by atoms with Gasteiger partial charge >= 0.3 is 12.1 Å². The molecule has 0 saturated carbocycles. The highest BCUT2D eigenvalue weighted by atomic mass is 32.1. The van der Waals surface area contributed by atoms with E-state index >= 15 is 0 Å². The van der Waals surface area contributed by atoms with E-state index in [-0.39, 0.29) is 5.01 Å². The highest BCUT2D eigenvalue weighted by Crippen LogP contribution is 2.10. The van der Waals surface area contributed by atoms with Gasteiger partial charge in [-0.2, -0.15) is 0 Å². The number of rotatable bonds is 4. The second kappa shape index (κ2) is 5.76. The van der Waals surface area contributed by atoms with Crippen LogP contribution < -0.4 is 5.32 Å². The number of amides is 1. The molecule has 0 aliphatic rings. The first-order valence-electron chi connectivity index (χ1n) is 5.30. The van der Waals surface area contributed by atoms with Gasteiger partial charge in [-0.15, -0.1) is 10.2 Å².